The van der Waals surface area contributed by atoms with Crippen molar-refractivity contribution in [3.63, 3.8) is 0 Å². The van der Waals surface area contributed by atoms with E-state index in [1.165, 1.54) is 4.57 Å². The van der Waals surface area contributed by atoms with E-state index in [0.29, 0.717) is 30.9 Å². The second-order valence-electron chi connectivity index (χ2n) is 5.96. The summed E-state index contributed by atoms with van der Waals surface area (Å²) >= 11 is 0. The highest BCUT2D eigenvalue weighted by Gasteiger charge is 2.24. The molecule has 0 unspecified atom stereocenters. The number of aromatic nitrogens is 4. The van der Waals surface area contributed by atoms with Crippen LogP contribution in [0.5, 0.6) is 0 Å². The molecule has 10 heteroatoms. The summed E-state index contributed by atoms with van der Waals surface area (Å²) in [7, 11) is 0. The number of carboxylic acids is 1. The van der Waals surface area contributed by atoms with Crippen LogP contribution in [0.1, 0.15) is 39.6 Å². The highest BCUT2D eigenvalue weighted by Crippen LogP contribution is 2.18. The first-order valence-electron chi connectivity index (χ1n) is 7.75. The van der Waals surface area contributed by atoms with Crippen molar-refractivity contribution >= 4 is 30.8 Å². The van der Waals surface area contributed by atoms with Gasteiger partial charge in [-0.3, -0.25) is 4.79 Å². The number of carbonyl (C=O) groups is 1. The van der Waals surface area contributed by atoms with E-state index in [0.717, 1.165) is 30.8 Å². The number of carboxylic acid groups (broad SMARTS) is 1. The minimum atomic E-state index is -1.16. The van der Waals surface area contributed by atoms with Crippen LogP contribution in [-0.2, 0) is 32.5 Å². The normalized spacial score (nSPS) is 14.9. The molecule has 2 aromatic rings. The lowest BCUT2D eigenvalue weighted by Crippen LogP contribution is -2.35. The van der Waals surface area contributed by atoms with Gasteiger partial charge in [-0.1, -0.05) is 0 Å². The van der Waals surface area contributed by atoms with E-state index in [9.17, 15) is 14.7 Å². The van der Waals surface area contributed by atoms with Gasteiger partial charge in [0.2, 0.25) is 0 Å². The molecule has 8 nitrogen and oxygen atoms in total. The zero-order valence-corrected chi connectivity index (χ0v) is 15.0. The molecule has 0 radical (unpaired) electrons. The average molecular weight is 388 g/mol. The Kier molecular flexibility index (Phi) is 5.87. The molecular formula is C15H19Cl2N5O3. The molecule has 2 aromatic heterocycles. The van der Waals surface area contributed by atoms with Crippen LogP contribution in [0.3, 0.4) is 0 Å². The smallest absolute Gasteiger partial charge is 0.341 e. The van der Waals surface area contributed by atoms with Crippen molar-refractivity contribution in [2.75, 3.05) is 6.54 Å². The fourth-order valence-corrected chi connectivity index (χ4v) is 3.45. The Balaban J connectivity index is 0.00000113. The van der Waals surface area contributed by atoms with Crippen LogP contribution >= 0.6 is 24.8 Å². The van der Waals surface area contributed by atoms with E-state index in [1.807, 2.05) is 4.57 Å². The quantitative estimate of drug-likeness (QED) is 0.800. The van der Waals surface area contributed by atoms with Crippen molar-refractivity contribution in [3.05, 3.63) is 44.9 Å². The maximum absolute atomic E-state index is 12.6. The Morgan fingerprint density at radius 1 is 1.28 bits per heavy atom. The van der Waals surface area contributed by atoms with Crippen LogP contribution in [-0.4, -0.2) is 37.0 Å². The summed E-state index contributed by atoms with van der Waals surface area (Å²) in [4.78, 5) is 24.2. The van der Waals surface area contributed by atoms with E-state index in [1.54, 1.807) is 6.20 Å². The van der Waals surface area contributed by atoms with Crippen molar-refractivity contribution in [2.24, 2.45) is 0 Å². The Bertz CT molecular complexity index is 862. The molecule has 4 rings (SSSR count). The summed E-state index contributed by atoms with van der Waals surface area (Å²) in [6, 6.07) is 0. The highest BCUT2D eigenvalue weighted by molar-refractivity contribution is 5.89. The first-order chi connectivity index (χ1) is 11.1. The molecule has 0 bridgehead atoms. The van der Waals surface area contributed by atoms with Gasteiger partial charge in [-0.15, -0.1) is 35.0 Å². The lowest BCUT2D eigenvalue weighted by Gasteiger charge is -2.20. The third-order valence-corrected chi connectivity index (χ3v) is 4.55. The number of hydrogen-bond acceptors (Lipinski definition) is 5. The van der Waals surface area contributed by atoms with Crippen LogP contribution in [0.15, 0.2) is 11.0 Å². The van der Waals surface area contributed by atoms with Crippen molar-refractivity contribution in [1.29, 1.82) is 0 Å². The summed E-state index contributed by atoms with van der Waals surface area (Å²) in [6.07, 6.45) is 4.25. The maximum Gasteiger partial charge on any atom is 0.341 e. The zero-order chi connectivity index (χ0) is 16.0. The van der Waals surface area contributed by atoms with Crippen LogP contribution in [0, 0.1) is 0 Å². The topological polar surface area (TPSA) is 102 Å². The molecule has 0 saturated carbocycles. The number of halogens is 2. The summed E-state index contributed by atoms with van der Waals surface area (Å²) < 4.78 is 3.47. The third kappa shape index (κ3) is 3.29. The molecule has 0 amide bonds. The van der Waals surface area contributed by atoms with Gasteiger partial charge in [0, 0.05) is 25.7 Å². The maximum atomic E-state index is 12.6. The van der Waals surface area contributed by atoms with Gasteiger partial charge in [0.25, 0.3) is 5.56 Å². The molecule has 2 aliphatic heterocycles. The number of pyridine rings is 1. The Labute approximate surface area is 156 Å². The predicted molar refractivity (Wildman–Crippen MR) is 95.0 cm³/mol. The second kappa shape index (κ2) is 7.55. The second-order valence-corrected chi connectivity index (χ2v) is 5.96. The fourth-order valence-electron chi connectivity index (χ4n) is 3.45. The van der Waals surface area contributed by atoms with E-state index in [-0.39, 0.29) is 36.9 Å². The molecule has 4 heterocycles. The molecule has 2 aliphatic rings. The fraction of sp³-hybridized carbons (Fsp3) is 0.467. The van der Waals surface area contributed by atoms with E-state index < -0.39 is 11.5 Å². The van der Waals surface area contributed by atoms with E-state index in [2.05, 4.69) is 15.5 Å². The molecule has 25 heavy (non-hydrogen) atoms. The molecule has 2 N–H and O–H groups in total. The number of nitrogens with one attached hydrogen (secondary N) is 1. The Morgan fingerprint density at radius 3 is 2.84 bits per heavy atom. The van der Waals surface area contributed by atoms with Crippen molar-refractivity contribution < 1.29 is 9.90 Å². The third-order valence-electron chi connectivity index (χ3n) is 4.55. The van der Waals surface area contributed by atoms with Crippen LogP contribution in [0.25, 0.3) is 0 Å². The number of fused-ring (bicyclic) bond motifs is 2. The molecule has 0 fully saturated rings. The van der Waals surface area contributed by atoms with Crippen molar-refractivity contribution in [3.8, 4) is 0 Å². The van der Waals surface area contributed by atoms with Gasteiger partial charge in [0.1, 0.15) is 11.4 Å². The summed E-state index contributed by atoms with van der Waals surface area (Å²) in [6.45, 7) is 2.37. The molecule has 136 valence electrons. The van der Waals surface area contributed by atoms with Gasteiger partial charge >= 0.3 is 5.97 Å². The first kappa shape index (κ1) is 19.4. The van der Waals surface area contributed by atoms with Gasteiger partial charge in [-0.25, -0.2) is 4.79 Å². The number of aryl methyl sites for hydroxylation is 1. The summed E-state index contributed by atoms with van der Waals surface area (Å²) in [5, 5.41) is 21.0. The molecule has 0 spiro atoms. The number of aromatic carboxylic acids is 1. The lowest BCUT2D eigenvalue weighted by molar-refractivity contribution is 0.0692. The molecule has 0 aliphatic carbocycles. The standard InChI is InChI=1S/C15H17N5O3.2ClH/c21-14-13(15(22)23)10-3-4-16-6-9(10)7-19(14)8-12-18-17-11-2-1-5-20(11)12;;/h7,16H,1-6,8H2,(H,22,23);2*1H. The van der Waals surface area contributed by atoms with Gasteiger partial charge < -0.3 is 19.6 Å². The van der Waals surface area contributed by atoms with E-state index >= 15 is 0 Å². The number of rotatable bonds is 3. The molecule has 0 atom stereocenters. The molecule has 0 saturated heterocycles. The van der Waals surface area contributed by atoms with Crippen LogP contribution in [0.2, 0.25) is 0 Å². The van der Waals surface area contributed by atoms with E-state index in [4.69, 9.17) is 0 Å². The summed E-state index contributed by atoms with van der Waals surface area (Å²) in [5.74, 6) is 0.486. The van der Waals surface area contributed by atoms with Crippen molar-refractivity contribution in [2.45, 2.75) is 38.9 Å². The zero-order valence-electron chi connectivity index (χ0n) is 13.4. The number of nitrogens with zero attached hydrogens (tertiary/aromatic N) is 4. The van der Waals surface area contributed by atoms with Crippen LogP contribution in [0.4, 0.5) is 0 Å². The predicted octanol–water partition coefficient (Wildman–Crippen LogP) is 0.622. The molecule has 0 aromatic carbocycles. The van der Waals surface area contributed by atoms with Gasteiger partial charge in [0.05, 0.1) is 6.54 Å². The first-order valence-corrected chi connectivity index (χ1v) is 7.75. The molecular weight excluding hydrogens is 369 g/mol. The average Bonchev–Trinajstić information content (AvgIpc) is 3.12. The van der Waals surface area contributed by atoms with Crippen molar-refractivity contribution in [1.82, 2.24) is 24.6 Å². The Hall–Kier alpha value is -1.90. The minimum Gasteiger partial charge on any atom is -0.477 e. The van der Waals surface area contributed by atoms with Gasteiger partial charge in [-0.05, 0) is 30.5 Å². The summed E-state index contributed by atoms with van der Waals surface area (Å²) in [5.41, 5.74) is 0.956. The van der Waals surface area contributed by atoms with Gasteiger partial charge in [0.15, 0.2) is 5.82 Å². The number of hydrogen-bond donors (Lipinski definition) is 2. The monoisotopic (exact) mass is 387 g/mol. The lowest BCUT2D eigenvalue weighted by atomic mass is 9.98. The van der Waals surface area contributed by atoms with Gasteiger partial charge in [-0.2, -0.15) is 0 Å². The van der Waals surface area contributed by atoms with Crippen LogP contribution < -0.4 is 10.9 Å². The Morgan fingerprint density at radius 2 is 2.08 bits per heavy atom. The largest absolute Gasteiger partial charge is 0.477 e. The SMILES string of the molecule is Cl.Cl.O=C(O)c1c2c(cn(Cc3nnc4n3CCC4)c1=O)CNCC2. The highest BCUT2D eigenvalue weighted by atomic mass is 35.5. The minimum absolute atomic E-state index is 0.